The number of halogens is 1. The number of aromatic nitrogens is 1. The molecule has 1 aromatic heterocycles. The number of benzene rings is 2. The summed E-state index contributed by atoms with van der Waals surface area (Å²) in [5.41, 5.74) is 0.510. The van der Waals surface area contributed by atoms with Crippen LogP contribution >= 0.6 is 0 Å². The topological polar surface area (TPSA) is 82.6 Å². The third-order valence-electron chi connectivity index (χ3n) is 5.17. The molecule has 9 heteroatoms. The van der Waals surface area contributed by atoms with Gasteiger partial charge in [0.05, 0.1) is 17.1 Å². The Labute approximate surface area is 174 Å². The van der Waals surface area contributed by atoms with Crippen LogP contribution < -0.4 is 9.62 Å². The Morgan fingerprint density at radius 2 is 1.80 bits per heavy atom. The van der Waals surface area contributed by atoms with Crippen molar-refractivity contribution in [3.8, 4) is 0 Å². The number of carbonyl (C=O) groups excluding carboxylic acids is 1. The van der Waals surface area contributed by atoms with E-state index >= 15 is 0 Å². The summed E-state index contributed by atoms with van der Waals surface area (Å²) in [4.78, 5) is 20.1. The molecule has 0 aliphatic carbocycles. The smallest absolute Gasteiger partial charge is 0.241 e. The van der Waals surface area contributed by atoms with Gasteiger partial charge in [-0.25, -0.2) is 17.5 Å². The highest BCUT2D eigenvalue weighted by atomic mass is 32.2. The number of fused-ring (bicyclic) bond motifs is 1. The van der Waals surface area contributed by atoms with E-state index in [-0.39, 0.29) is 23.2 Å². The Morgan fingerprint density at radius 1 is 1.03 bits per heavy atom. The fourth-order valence-corrected chi connectivity index (χ4v) is 4.78. The Morgan fingerprint density at radius 3 is 2.57 bits per heavy atom. The molecule has 1 N–H and O–H groups in total. The van der Waals surface area contributed by atoms with E-state index in [9.17, 15) is 17.6 Å². The molecule has 0 spiro atoms. The molecule has 7 nitrogen and oxygen atoms in total. The van der Waals surface area contributed by atoms with Crippen molar-refractivity contribution in [1.29, 1.82) is 0 Å². The van der Waals surface area contributed by atoms with E-state index in [2.05, 4.69) is 9.71 Å². The van der Waals surface area contributed by atoms with Crippen molar-refractivity contribution in [1.82, 2.24) is 14.6 Å². The second-order valence-corrected chi connectivity index (χ2v) is 8.73. The van der Waals surface area contributed by atoms with E-state index in [4.69, 9.17) is 0 Å². The number of hydrogen-bond donors (Lipinski definition) is 1. The molecule has 3 aromatic rings. The molecule has 0 saturated carbocycles. The summed E-state index contributed by atoms with van der Waals surface area (Å²) < 4.78 is 41.9. The van der Waals surface area contributed by atoms with Crippen LogP contribution in [0.4, 0.5) is 10.1 Å². The van der Waals surface area contributed by atoms with Gasteiger partial charge in [-0.3, -0.25) is 9.78 Å². The van der Waals surface area contributed by atoms with Gasteiger partial charge in [0.15, 0.2) is 0 Å². The fraction of sp³-hybridized carbons (Fsp3) is 0.238. The average Bonchev–Trinajstić information content (AvgIpc) is 2.77. The summed E-state index contributed by atoms with van der Waals surface area (Å²) in [6.07, 6.45) is 3.12. The van der Waals surface area contributed by atoms with Gasteiger partial charge >= 0.3 is 0 Å². The summed E-state index contributed by atoms with van der Waals surface area (Å²) in [6.45, 7) is 1.43. The number of anilines is 1. The molecule has 1 saturated heterocycles. The van der Waals surface area contributed by atoms with E-state index in [1.165, 1.54) is 18.3 Å². The van der Waals surface area contributed by atoms with Gasteiger partial charge in [-0.05, 0) is 24.3 Å². The average molecular weight is 428 g/mol. The maximum atomic E-state index is 14.0. The quantitative estimate of drug-likeness (QED) is 0.672. The lowest BCUT2D eigenvalue weighted by atomic mass is 10.2. The SMILES string of the molecule is O=C(CNS(=O)(=O)c1cccc2cnccc12)N1CCN(c2ccccc2F)CC1. The molecular formula is C21H21FN4O3S. The predicted octanol–water partition coefficient (Wildman–Crippen LogP) is 2.00. The van der Waals surface area contributed by atoms with Crippen LogP contribution in [-0.4, -0.2) is 56.9 Å². The Balaban J connectivity index is 1.38. The Hall–Kier alpha value is -3.04. The molecular weight excluding hydrogens is 407 g/mol. The predicted molar refractivity (Wildman–Crippen MR) is 112 cm³/mol. The minimum absolute atomic E-state index is 0.111. The molecule has 0 bridgehead atoms. The van der Waals surface area contributed by atoms with Crippen molar-refractivity contribution < 1.29 is 17.6 Å². The van der Waals surface area contributed by atoms with Gasteiger partial charge in [0, 0.05) is 49.3 Å². The van der Waals surface area contributed by atoms with Crippen molar-refractivity contribution in [3.05, 3.63) is 66.7 Å². The van der Waals surface area contributed by atoms with Crippen LogP contribution in [0.15, 0.2) is 65.8 Å². The van der Waals surface area contributed by atoms with E-state index < -0.39 is 10.0 Å². The van der Waals surface area contributed by atoms with Crippen molar-refractivity contribution in [2.45, 2.75) is 4.90 Å². The Kier molecular flexibility index (Phi) is 5.65. The number of rotatable bonds is 5. The molecule has 1 amide bonds. The van der Waals surface area contributed by atoms with Gasteiger partial charge < -0.3 is 9.80 Å². The lowest BCUT2D eigenvalue weighted by Gasteiger charge is -2.36. The summed E-state index contributed by atoms with van der Waals surface area (Å²) in [6, 6.07) is 13.1. The van der Waals surface area contributed by atoms with Crippen LogP contribution in [0.3, 0.4) is 0 Å². The van der Waals surface area contributed by atoms with Crippen LogP contribution in [0.2, 0.25) is 0 Å². The van der Waals surface area contributed by atoms with Crippen LogP contribution in [0.25, 0.3) is 10.8 Å². The van der Waals surface area contributed by atoms with Crippen LogP contribution in [-0.2, 0) is 14.8 Å². The maximum Gasteiger partial charge on any atom is 0.241 e. The first kappa shape index (κ1) is 20.2. The molecule has 1 aliphatic rings. The maximum absolute atomic E-state index is 14.0. The molecule has 2 heterocycles. The number of carbonyl (C=O) groups is 1. The fourth-order valence-electron chi connectivity index (χ4n) is 3.58. The molecule has 0 atom stereocenters. The summed E-state index contributed by atoms with van der Waals surface area (Å²) in [5, 5.41) is 1.25. The number of amides is 1. The van der Waals surface area contributed by atoms with E-state index in [0.29, 0.717) is 42.6 Å². The summed E-state index contributed by atoms with van der Waals surface area (Å²) >= 11 is 0. The number of sulfonamides is 1. The Bertz CT molecular complexity index is 1170. The number of para-hydroxylation sites is 1. The molecule has 0 radical (unpaired) electrons. The van der Waals surface area contributed by atoms with Crippen molar-refractivity contribution in [2.24, 2.45) is 0 Å². The third-order valence-corrected chi connectivity index (χ3v) is 6.63. The molecule has 4 rings (SSSR count). The van der Waals surface area contributed by atoms with Crippen LogP contribution in [0.1, 0.15) is 0 Å². The first-order chi connectivity index (χ1) is 14.5. The highest BCUT2D eigenvalue weighted by Crippen LogP contribution is 2.22. The van der Waals surface area contributed by atoms with Gasteiger partial charge in [-0.1, -0.05) is 24.3 Å². The highest BCUT2D eigenvalue weighted by molar-refractivity contribution is 7.89. The van der Waals surface area contributed by atoms with Gasteiger partial charge in [-0.2, -0.15) is 0 Å². The number of piperazine rings is 1. The van der Waals surface area contributed by atoms with Crippen LogP contribution in [0.5, 0.6) is 0 Å². The van der Waals surface area contributed by atoms with Gasteiger partial charge in [0.2, 0.25) is 15.9 Å². The number of hydrogen-bond acceptors (Lipinski definition) is 5. The standard InChI is InChI=1S/C21H21FN4O3S/c22-18-5-1-2-6-19(18)25-10-12-26(13-11-25)21(27)15-24-30(28,29)20-7-3-4-16-14-23-9-8-17(16)20/h1-9,14,24H,10-13,15H2. The van der Waals surface area contributed by atoms with E-state index in [1.807, 2.05) is 4.90 Å². The highest BCUT2D eigenvalue weighted by Gasteiger charge is 2.24. The number of nitrogens with zero attached hydrogens (tertiary/aromatic N) is 3. The first-order valence-corrected chi connectivity index (χ1v) is 11.0. The molecule has 2 aromatic carbocycles. The second-order valence-electron chi connectivity index (χ2n) is 7.00. The molecule has 1 aliphatic heterocycles. The minimum Gasteiger partial charge on any atom is -0.366 e. The monoisotopic (exact) mass is 428 g/mol. The first-order valence-electron chi connectivity index (χ1n) is 9.55. The zero-order valence-electron chi connectivity index (χ0n) is 16.2. The second kappa shape index (κ2) is 8.37. The molecule has 156 valence electrons. The van der Waals surface area contributed by atoms with Crippen molar-refractivity contribution >= 4 is 32.4 Å². The van der Waals surface area contributed by atoms with Gasteiger partial charge in [-0.15, -0.1) is 0 Å². The normalized spacial score (nSPS) is 14.8. The van der Waals surface area contributed by atoms with Gasteiger partial charge in [0.25, 0.3) is 0 Å². The number of nitrogens with one attached hydrogen (secondary N) is 1. The van der Waals surface area contributed by atoms with Gasteiger partial charge in [0.1, 0.15) is 5.82 Å². The van der Waals surface area contributed by atoms with Crippen molar-refractivity contribution in [2.75, 3.05) is 37.6 Å². The van der Waals surface area contributed by atoms with Crippen molar-refractivity contribution in [3.63, 3.8) is 0 Å². The van der Waals surface area contributed by atoms with E-state index in [0.717, 1.165) is 0 Å². The summed E-state index contributed by atoms with van der Waals surface area (Å²) in [7, 11) is -3.87. The lowest BCUT2D eigenvalue weighted by molar-refractivity contribution is -0.130. The zero-order valence-corrected chi connectivity index (χ0v) is 17.0. The summed E-state index contributed by atoms with van der Waals surface area (Å²) in [5.74, 6) is -0.607. The van der Waals surface area contributed by atoms with Crippen LogP contribution in [0, 0.1) is 5.82 Å². The van der Waals surface area contributed by atoms with E-state index in [1.54, 1.807) is 47.5 Å². The minimum atomic E-state index is -3.87. The molecule has 30 heavy (non-hydrogen) atoms. The largest absolute Gasteiger partial charge is 0.366 e. The zero-order chi connectivity index (χ0) is 21.1. The third kappa shape index (κ3) is 4.12. The lowest BCUT2D eigenvalue weighted by Crippen LogP contribution is -2.51. The molecule has 0 unspecified atom stereocenters. The number of pyridine rings is 1. The molecule has 1 fully saturated rings.